The van der Waals surface area contributed by atoms with E-state index in [0.717, 1.165) is 25.7 Å². The van der Waals surface area contributed by atoms with Gasteiger partial charge in [-0.15, -0.1) is 0 Å². The third-order valence-electron chi connectivity index (χ3n) is 6.89. The molecule has 0 aromatic heterocycles. The minimum Gasteiger partial charge on any atom is -0.370 e. The van der Waals surface area contributed by atoms with Gasteiger partial charge in [-0.25, -0.2) is 0 Å². The molecule has 186 valence electrons. The highest BCUT2D eigenvalue weighted by Crippen LogP contribution is 2.41. The lowest BCUT2D eigenvalue weighted by Crippen LogP contribution is -2.56. The van der Waals surface area contributed by atoms with Gasteiger partial charge in [0.15, 0.2) is 5.96 Å². The van der Waals surface area contributed by atoms with E-state index in [2.05, 4.69) is 36.4 Å². The van der Waals surface area contributed by atoms with E-state index in [-0.39, 0.29) is 41.8 Å². The van der Waals surface area contributed by atoms with Crippen LogP contribution < -0.4 is 22.1 Å². The molecular formula is C23H41N7O3. The van der Waals surface area contributed by atoms with E-state index in [4.69, 9.17) is 11.5 Å². The van der Waals surface area contributed by atoms with Gasteiger partial charge in [0.25, 0.3) is 0 Å². The first-order chi connectivity index (χ1) is 15.8. The molecule has 3 aliphatic heterocycles. The van der Waals surface area contributed by atoms with Crippen LogP contribution in [0.15, 0.2) is 4.99 Å². The van der Waals surface area contributed by atoms with E-state index in [1.807, 2.05) is 9.80 Å². The Labute approximate surface area is 196 Å². The van der Waals surface area contributed by atoms with E-state index in [9.17, 15) is 14.4 Å². The van der Waals surface area contributed by atoms with Crippen LogP contribution >= 0.6 is 0 Å². The van der Waals surface area contributed by atoms with Crippen LogP contribution in [0.2, 0.25) is 0 Å². The van der Waals surface area contributed by atoms with Gasteiger partial charge < -0.3 is 27.0 Å². The van der Waals surface area contributed by atoms with Crippen LogP contribution in [-0.4, -0.2) is 83.3 Å². The summed E-state index contributed by atoms with van der Waals surface area (Å²) >= 11 is 0. The van der Waals surface area contributed by atoms with Crippen molar-refractivity contribution in [2.45, 2.75) is 95.9 Å². The molecule has 5 atom stereocenters. The summed E-state index contributed by atoms with van der Waals surface area (Å²) in [5.41, 5.74) is 10.8. The van der Waals surface area contributed by atoms with Crippen LogP contribution in [0, 0.1) is 5.92 Å². The summed E-state index contributed by atoms with van der Waals surface area (Å²) in [7, 11) is 0. The van der Waals surface area contributed by atoms with Gasteiger partial charge in [-0.3, -0.25) is 24.3 Å². The molecule has 0 saturated carbocycles. The van der Waals surface area contributed by atoms with Gasteiger partial charge in [-0.05, 0) is 51.0 Å². The van der Waals surface area contributed by atoms with Crippen LogP contribution in [0.25, 0.3) is 0 Å². The van der Waals surface area contributed by atoms with Crippen LogP contribution in [0.1, 0.15) is 65.7 Å². The molecule has 10 nitrogen and oxygen atoms in total. The highest BCUT2D eigenvalue weighted by molar-refractivity contribution is 5.94. The summed E-state index contributed by atoms with van der Waals surface area (Å²) in [5, 5.41) is 6.07. The smallest absolute Gasteiger partial charge is 0.245 e. The van der Waals surface area contributed by atoms with Gasteiger partial charge in [0.05, 0.1) is 18.1 Å². The topological polar surface area (TPSA) is 146 Å². The SMILES string of the molecule is CCCCNC(=O)C1C2[C@H](CC(C)C)N2C(=O)[C@H](CCCN=C(N)N)NC(=O)[C@H]2CCCN12. The second-order valence-corrected chi connectivity index (χ2v) is 9.93. The number of amides is 3. The van der Waals surface area contributed by atoms with Crippen molar-refractivity contribution in [2.24, 2.45) is 22.4 Å². The van der Waals surface area contributed by atoms with Crippen molar-refractivity contribution in [3.8, 4) is 0 Å². The largest absolute Gasteiger partial charge is 0.370 e. The normalized spacial score (nSPS) is 29.5. The molecule has 3 heterocycles. The molecule has 3 rings (SSSR count). The van der Waals surface area contributed by atoms with Gasteiger partial charge in [0, 0.05) is 13.1 Å². The molecule has 0 aromatic carbocycles. The summed E-state index contributed by atoms with van der Waals surface area (Å²) in [5.74, 6) is 0.0780. The third-order valence-corrected chi connectivity index (χ3v) is 6.89. The molecule has 0 radical (unpaired) electrons. The zero-order valence-corrected chi connectivity index (χ0v) is 20.3. The Morgan fingerprint density at radius 2 is 2.03 bits per heavy atom. The Kier molecular flexibility index (Phi) is 8.56. The first kappa shape index (κ1) is 25.3. The summed E-state index contributed by atoms with van der Waals surface area (Å²) in [6.45, 7) is 8.05. The van der Waals surface area contributed by atoms with Crippen LogP contribution in [0.5, 0.6) is 0 Å². The number of carbonyl (C=O) groups excluding carboxylic acids is 3. The second-order valence-electron chi connectivity index (χ2n) is 9.93. The Hall–Kier alpha value is -2.36. The van der Waals surface area contributed by atoms with Gasteiger partial charge in [0.1, 0.15) is 12.1 Å². The van der Waals surface area contributed by atoms with Crippen molar-refractivity contribution in [1.82, 2.24) is 20.4 Å². The number of nitrogens with zero attached hydrogens (tertiary/aromatic N) is 3. The average molecular weight is 464 g/mol. The highest BCUT2D eigenvalue weighted by atomic mass is 16.2. The molecule has 0 bridgehead atoms. The van der Waals surface area contributed by atoms with Gasteiger partial charge >= 0.3 is 0 Å². The third kappa shape index (κ3) is 5.96. The molecule has 3 amide bonds. The van der Waals surface area contributed by atoms with Gasteiger partial charge in [0.2, 0.25) is 17.7 Å². The van der Waals surface area contributed by atoms with Crippen molar-refractivity contribution in [3.63, 3.8) is 0 Å². The molecule has 2 unspecified atom stereocenters. The Balaban J connectivity index is 1.86. The zero-order chi connectivity index (χ0) is 24.1. The van der Waals surface area contributed by atoms with E-state index >= 15 is 0 Å². The minimum absolute atomic E-state index is 0.0101. The number of unbranched alkanes of at least 4 members (excludes halogenated alkanes) is 1. The monoisotopic (exact) mass is 463 g/mol. The van der Waals surface area contributed by atoms with Gasteiger partial charge in [-0.1, -0.05) is 27.2 Å². The van der Waals surface area contributed by atoms with Crippen molar-refractivity contribution in [3.05, 3.63) is 0 Å². The summed E-state index contributed by atoms with van der Waals surface area (Å²) in [4.78, 5) is 48.0. The number of guanidine groups is 1. The molecule has 0 spiro atoms. The molecule has 6 N–H and O–H groups in total. The average Bonchev–Trinajstić information content (AvgIpc) is 3.18. The van der Waals surface area contributed by atoms with Gasteiger partial charge in [-0.2, -0.15) is 0 Å². The molecule has 33 heavy (non-hydrogen) atoms. The minimum atomic E-state index is -0.629. The fourth-order valence-electron chi connectivity index (χ4n) is 5.32. The maximum Gasteiger partial charge on any atom is 0.245 e. The number of aliphatic imine (C=N–C) groups is 1. The van der Waals surface area contributed by atoms with E-state index in [1.54, 1.807) is 0 Å². The Bertz CT molecular complexity index is 752. The summed E-state index contributed by atoms with van der Waals surface area (Å²) < 4.78 is 0. The van der Waals surface area contributed by atoms with Crippen molar-refractivity contribution < 1.29 is 14.4 Å². The molecule has 0 aliphatic carbocycles. The standard InChI is InChI=1S/C23H41N7O3/c1-4-5-10-26-21(32)19-18-17(13-14(2)3)30(18)22(33)15(8-6-11-27-23(24)25)28-20(31)16-9-7-12-29(16)19/h14-19H,4-13H2,1-3H3,(H,26,32)(H,28,31)(H4,24,25,27)/t15-,16+,17-,18?,19?,30?/m0/s1. The van der Waals surface area contributed by atoms with Crippen LogP contribution in [0.4, 0.5) is 0 Å². The number of hydrogen-bond donors (Lipinski definition) is 4. The molecular weight excluding hydrogens is 422 g/mol. The maximum absolute atomic E-state index is 13.6. The van der Waals surface area contributed by atoms with E-state index in [1.165, 1.54) is 0 Å². The number of carbonyl (C=O) groups is 3. The molecule has 3 aliphatic rings. The fraction of sp³-hybridized carbons (Fsp3) is 0.826. The van der Waals surface area contributed by atoms with E-state index in [0.29, 0.717) is 44.8 Å². The van der Waals surface area contributed by atoms with Crippen molar-refractivity contribution >= 4 is 23.7 Å². The summed E-state index contributed by atoms with van der Waals surface area (Å²) in [6.07, 6.45) is 5.33. The van der Waals surface area contributed by atoms with Crippen LogP contribution in [-0.2, 0) is 14.4 Å². The van der Waals surface area contributed by atoms with E-state index < -0.39 is 12.1 Å². The first-order valence-electron chi connectivity index (χ1n) is 12.5. The Morgan fingerprint density at radius 1 is 1.27 bits per heavy atom. The lowest BCUT2D eigenvalue weighted by molar-refractivity contribution is -0.134. The number of fused-ring (bicyclic) bond motifs is 2. The first-order valence-corrected chi connectivity index (χ1v) is 12.5. The predicted octanol–water partition coefficient (Wildman–Crippen LogP) is -0.0868. The quantitative estimate of drug-likeness (QED) is 0.154. The molecule has 0 aromatic rings. The highest BCUT2D eigenvalue weighted by Gasteiger charge is 2.61. The number of rotatable bonds is 10. The number of nitrogens with two attached hydrogens (primary N) is 2. The maximum atomic E-state index is 13.6. The predicted molar refractivity (Wildman–Crippen MR) is 127 cm³/mol. The summed E-state index contributed by atoms with van der Waals surface area (Å²) in [6, 6.07) is -1.70. The zero-order valence-electron chi connectivity index (χ0n) is 20.3. The second kappa shape index (κ2) is 11.2. The van der Waals surface area contributed by atoms with Crippen molar-refractivity contribution in [2.75, 3.05) is 19.6 Å². The lowest BCUT2D eigenvalue weighted by Gasteiger charge is -2.31. The number of nitrogens with one attached hydrogen (secondary N) is 2. The molecule has 10 heteroatoms. The molecule has 3 saturated heterocycles. The van der Waals surface area contributed by atoms with Crippen LogP contribution in [0.3, 0.4) is 0 Å². The number of hydrogen-bond acceptors (Lipinski definition) is 5. The van der Waals surface area contributed by atoms with Crippen molar-refractivity contribution in [1.29, 1.82) is 0 Å². The lowest BCUT2D eigenvalue weighted by atomic mass is 10.0. The molecule has 3 fully saturated rings. The fourth-order valence-corrected chi connectivity index (χ4v) is 5.32. The Morgan fingerprint density at radius 3 is 2.70 bits per heavy atom.